The lowest BCUT2D eigenvalue weighted by molar-refractivity contribution is -0.384. The molecule has 20 heavy (non-hydrogen) atoms. The van der Waals surface area contributed by atoms with Crippen molar-refractivity contribution in [3.8, 4) is 17.3 Å². The Morgan fingerprint density at radius 1 is 1.40 bits per heavy atom. The van der Waals surface area contributed by atoms with Gasteiger partial charge in [-0.2, -0.15) is 10.4 Å². The molecule has 0 aliphatic rings. The lowest BCUT2D eigenvalue weighted by atomic mass is 10.1. The highest BCUT2D eigenvalue weighted by Crippen LogP contribution is 2.20. The van der Waals surface area contributed by atoms with Crippen molar-refractivity contribution in [1.29, 1.82) is 5.26 Å². The number of rotatable bonds is 3. The maximum Gasteiger partial charge on any atom is 0.284 e. The maximum atomic E-state index is 11.7. The minimum Gasteiger partial charge on any atom is -0.266 e. The Morgan fingerprint density at radius 2 is 2.05 bits per heavy atom. The predicted molar refractivity (Wildman–Crippen MR) is 71.0 cm³/mol. The van der Waals surface area contributed by atoms with Crippen molar-refractivity contribution in [1.82, 2.24) is 9.78 Å². The number of nitrogens with zero attached hydrogens (tertiary/aromatic N) is 4. The Balaban J connectivity index is 2.55. The summed E-state index contributed by atoms with van der Waals surface area (Å²) in [6, 6.07) is 8.98. The molecule has 1 aromatic carbocycles. The van der Waals surface area contributed by atoms with Crippen LogP contribution >= 0.6 is 0 Å². The van der Waals surface area contributed by atoms with Crippen LogP contribution in [-0.4, -0.2) is 14.7 Å². The van der Waals surface area contributed by atoms with Gasteiger partial charge in [-0.1, -0.05) is 0 Å². The monoisotopic (exact) mass is 270 g/mol. The minimum absolute atomic E-state index is 0.00444. The van der Waals surface area contributed by atoms with E-state index < -0.39 is 10.5 Å². The van der Waals surface area contributed by atoms with Crippen molar-refractivity contribution < 1.29 is 4.92 Å². The molecule has 0 fully saturated rings. The molecule has 0 saturated heterocycles. The topological polar surface area (TPSA) is 102 Å². The Morgan fingerprint density at radius 3 is 2.55 bits per heavy atom. The normalized spacial score (nSPS) is 10.0. The minimum atomic E-state index is -0.495. The average Bonchev–Trinajstić information content (AvgIpc) is 2.47. The first-order chi connectivity index (χ1) is 9.56. The summed E-state index contributed by atoms with van der Waals surface area (Å²) in [7, 11) is 0. The molecule has 2 rings (SSSR count). The van der Waals surface area contributed by atoms with Gasteiger partial charge in [0.15, 0.2) is 0 Å². The molecule has 0 radical (unpaired) electrons. The van der Waals surface area contributed by atoms with Crippen LogP contribution in [0, 0.1) is 21.4 Å². The van der Waals surface area contributed by atoms with Crippen LogP contribution in [0.15, 0.2) is 35.1 Å². The van der Waals surface area contributed by atoms with E-state index in [1.54, 1.807) is 6.92 Å². The van der Waals surface area contributed by atoms with Gasteiger partial charge in [0.2, 0.25) is 0 Å². The van der Waals surface area contributed by atoms with Crippen molar-refractivity contribution in [2.75, 3.05) is 0 Å². The second kappa shape index (κ2) is 5.32. The summed E-state index contributed by atoms with van der Waals surface area (Å²) in [6.07, 6.45) is 0. The highest BCUT2D eigenvalue weighted by Gasteiger charge is 2.10. The molecule has 7 heteroatoms. The van der Waals surface area contributed by atoms with Gasteiger partial charge < -0.3 is 0 Å². The first-order valence-electron chi connectivity index (χ1n) is 5.84. The van der Waals surface area contributed by atoms with E-state index in [-0.39, 0.29) is 11.3 Å². The molecule has 0 aliphatic carbocycles. The summed E-state index contributed by atoms with van der Waals surface area (Å²) >= 11 is 0. The number of benzene rings is 1. The highest BCUT2D eigenvalue weighted by atomic mass is 16.6. The standard InChI is InChI=1S/C13H10N4O3/c1-2-16-13(18)10(8-14)7-12(15-16)9-3-5-11(6-4-9)17(19)20/h3-7H,2H2,1H3. The fourth-order valence-corrected chi connectivity index (χ4v) is 1.73. The Kier molecular flexibility index (Phi) is 3.57. The van der Waals surface area contributed by atoms with Crippen LogP contribution < -0.4 is 5.56 Å². The molecule has 0 N–H and O–H groups in total. The summed E-state index contributed by atoms with van der Waals surface area (Å²) in [6.45, 7) is 2.09. The van der Waals surface area contributed by atoms with Gasteiger partial charge >= 0.3 is 0 Å². The second-order valence-electron chi connectivity index (χ2n) is 3.98. The van der Waals surface area contributed by atoms with Crippen molar-refractivity contribution >= 4 is 5.69 Å². The van der Waals surface area contributed by atoms with Crippen LogP contribution in [0.2, 0.25) is 0 Å². The average molecular weight is 270 g/mol. The third kappa shape index (κ3) is 2.40. The zero-order valence-electron chi connectivity index (χ0n) is 10.6. The third-order valence-electron chi connectivity index (χ3n) is 2.77. The molecule has 0 atom stereocenters. The van der Waals surface area contributed by atoms with Gasteiger partial charge in [-0.3, -0.25) is 14.9 Å². The van der Waals surface area contributed by atoms with Gasteiger partial charge in [-0.15, -0.1) is 0 Å². The molecule has 0 unspecified atom stereocenters. The molecule has 0 saturated carbocycles. The number of hydrogen-bond acceptors (Lipinski definition) is 5. The molecule has 0 amide bonds. The molecule has 0 spiro atoms. The summed E-state index contributed by atoms with van der Waals surface area (Å²) in [5.41, 5.74) is 0.557. The first kappa shape index (κ1) is 13.4. The second-order valence-corrected chi connectivity index (χ2v) is 3.98. The number of nitro benzene ring substituents is 1. The van der Waals surface area contributed by atoms with E-state index in [0.29, 0.717) is 17.8 Å². The number of nitro groups is 1. The van der Waals surface area contributed by atoms with Gasteiger partial charge in [0, 0.05) is 24.2 Å². The van der Waals surface area contributed by atoms with Crippen molar-refractivity contribution in [3.63, 3.8) is 0 Å². The third-order valence-corrected chi connectivity index (χ3v) is 2.77. The summed E-state index contributed by atoms with van der Waals surface area (Å²) in [5, 5.41) is 23.7. The lowest BCUT2D eigenvalue weighted by Crippen LogP contribution is -2.24. The fourth-order valence-electron chi connectivity index (χ4n) is 1.73. The molecule has 2 aromatic rings. The summed E-state index contributed by atoms with van der Waals surface area (Å²) in [5.74, 6) is 0. The van der Waals surface area contributed by atoms with Crippen LogP contribution in [0.3, 0.4) is 0 Å². The molecule has 100 valence electrons. The maximum absolute atomic E-state index is 11.7. The molecule has 0 bridgehead atoms. The van der Waals surface area contributed by atoms with Gasteiger partial charge in [0.25, 0.3) is 11.2 Å². The summed E-state index contributed by atoms with van der Waals surface area (Å²) < 4.78 is 1.19. The van der Waals surface area contributed by atoms with E-state index in [9.17, 15) is 14.9 Å². The van der Waals surface area contributed by atoms with Gasteiger partial charge in [0.1, 0.15) is 11.6 Å². The van der Waals surface area contributed by atoms with Crippen LogP contribution in [0.5, 0.6) is 0 Å². The van der Waals surface area contributed by atoms with Crippen LogP contribution in [0.1, 0.15) is 12.5 Å². The molecule has 1 heterocycles. The van der Waals surface area contributed by atoms with E-state index in [4.69, 9.17) is 5.26 Å². The van der Waals surface area contributed by atoms with E-state index in [2.05, 4.69) is 5.10 Å². The van der Waals surface area contributed by atoms with Crippen molar-refractivity contribution in [2.45, 2.75) is 13.5 Å². The zero-order chi connectivity index (χ0) is 14.7. The molecular formula is C13H10N4O3. The molecule has 0 aliphatic heterocycles. The quantitative estimate of drug-likeness (QED) is 0.624. The Labute approximate surface area is 113 Å². The molecule has 1 aromatic heterocycles. The number of hydrogen-bond donors (Lipinski definition) is 0. The number of aryl methyl sites for hydroxylation is 1. The van der Waals surface area contributed by atoms with Crippen molar-refractivity contribution in [3.05, 3.63) is 56.4 Å². The lowest BCUT2D eigenvalue weighted by Gasteiger charge is -2.05. The van der Waals surface area contributed by atoms with Gasteiger partial charge in [0.05, 0.1) is 10.6 Å². The smallest absolute Gasteiger partial charge is 0.266 e. The molecular weight excluding hydrogens is 260 g/mol. The zero-order valence-corrected chi connectivity index (χ0v) is 10.6. The van der Waals surface area contributed by atoms with E-state index in [0.717, 1.165) is 0 Å². The van der Waals surface area contributed by atoms with Gasteiger partial charge in [-0.05, 0) is 25.1 Å². The Hall–Kier alpha value is -3.01. The van der Waals surface area contributed by atoms with Crippen LogP contribution in [-0.2, 0) is 6.54 Å². The number of aromatic nitrogens is 2. The highest BCUT2D eigenvalue weighted by molar-refractivity contribution is 5.61. The van der Waals surface area contributed by atoms with Gasteiger partial charge in [-0.25, -0.2) is 4.68 Å². The number of nitriles is 1. The van der Waals surface area contributed by atoms with Crippen LogP contribution in [0.25, 0.3) is 11.3 Å². The van der Waals surface area contributed by atoms with E-state index >= 15 is 0 Å². The molecule has 7 nitrogen and oxygen atoms in total. The Bertz CT molecular complexity index is 757. The SMILES string of the molecule is CCn1nc(-c2ccc([N+](=O)[O-])cc2)cc(C#N)c1=O. The predicted octanol–water partition coefficient (Wildman–Crippen LogP) is 1.71. The largest absolute Gasteiger partial charge is 0.284 e. The van der Waals surface area contributed by atoms with Crippen LogP contribution in [0.4, 0.5) is 5.69 Å². The summed E-state index contributed by atoms with van der Waals surface area (Å²) in [4.78, 5) is 21.8. The van der Waals surface area contributed by atoms with Crippen molar-refractivity contribution in [2.24, 2.45) is 0 Å². The number of non-ortho nitro benzene ring substituents is 1. The van der Waals surface area contributed by atoms with E-state index in [1.165, 1.54) is 35.0 Å². The fraction of sp³-hybridized carbons (Fsp3) is 0.154. The van der Waals surface area contributed by atoms with E-state index in [1.807, 2.05) is 6.07 Å². The first-order valence-corrected chi connectivity index (χ1v) is 5.84.